The summed E-state index contributed by atoms with van der Waals surface area (Å²) in [7, 11) is 2.16. The molecule has 0 bridgehead atoms. The van der Waals surface area contributed by atoms with Gasteiger partial charge >= 0.3 is 0 Å². The summed E-state index contributed by atoms with van der Waals surface area (Å²) in [6, 6.07) is 17.0. The number of rotatable bonds is 6. The van der Waals surface area contributed by atoms with Gasteiger partial charge in [-0.25, -0.2) is 0 Å². The first-order valence-corrected chi connectivity index (χ1v) is 14.3. The summed E-state index contributed by atoms with van der Waals surface area (Å²) in [5, 5.41) is 1.77. The molecular weight excluding hydrogens is 478 g/mol. The second-order valence-electron chi connectivity index (χ2n) is 9.81. The Morgan fingerprint density at radius 3 is 2.06 bits per heavy atom. The van der Waals surface area contributed by atoms with Crippen molar-refractivity contribution in [2.75, 3.05) is 14.2 Å². The van der Waals surface area contributed by atoms with Crippen LogP contribution in [0.3, 0.4) is 0 Å². The highest BCUT2D eigenvalue weighted by atomic mass is 35.5. The van der Waals surface area contributed by atoms with E-state index in [2.05, 4.69) is 38.4 Å². The van der Waals surface area contributed by atoms with Gasteiger partial charge in [-0.3, -0.25) is 4.79 Å². The quantitative estimate of drug-likeness (QED) is 0.209. The predicted molar refractivity (Wildman–Crippen MR) is 146 cm³/mol. The molecule has 0 saturated carbocycles. The Hall–Kier alpha value is -2.80. The zero-order valence-corrected chi connectivity index (χ0v) is 23.0. The highest BCUT2D eigenvalue weighted by Gasteiger charge is 2.29. The lowest BCUT2D eigenvalue weighted by molar-refractivity contribution is 0.184. The molecule has 1 aromatic heterocycles. The Kier molecular flexibility index (Phi) is 7.00. The summed E-state index contributed by atoms with van der Waals surface area (Å²) >= 11 is 6.43. The number of fused-ring (bicyclic) bond motifs is 2. The van der Waals surface area contributed by atoms with Crippen LogP contribution < -0.4 is 14.9 Å². The molecule has 0 saturated heterocycles. The number of ether oxygens (including phenoxy) is 2. The summed E-state index contributed by atoms with van der Waals surface area (Å²) in [6.45, 7) is 10.6. The number of halogens is 1. The van der Waals surface area contributed by atoms with Crippen LogP contribution in [0, 0.1) is 0 Å². The Morgan fingerprint density at radius 1 is 0.886 bits per heavy atom. The van der Waals surface area contributed by atoms with Crippen LogP contribution in [0.2, 0.25) is 18.1 Å². The fraction of sp³-hybridized carbons (Fsp3) is 0.321. The third-order valence-corrected chi connectivity index (χ3v) is 6.95. The fourth-order valence-corrected chi connectivity index (χ4v) is 5.46. The molecular formula is C28H31ClNO4Si. The van der Waals surface area contributed by atoms with Crippen molar-refractivity contribution in [3.63, 3.8) is 0 Å². The minimum absolute atomic E-state index is 0.0287. The summed E-state index contributed by atoms with van der Waals surface area (Å²) < 4.78 is 20.4. The van der Waals surface area contributed by atoms with E-state index in [0.717, 1.165) is 28.1 Å². The maximum atomic E-state index is 13.4. The monoisotopic (exact) mass is 508 g/mol. The van der Waals surface area contributed by atoms with Crippen LogP contribution in [-0.2, 0) is 9.84 Å². The molecule has 1 radical (unpaired) electrons. The van der Waals surface area contributed by atoms with Gasteiger partial charge in [-0.1, -0.05) is 44.5 Å². The molecule has 3 aromatic carbocycles. The van der Waals surface area contributed by atoms with E-state index >= 15 is 0 Å². The second kappa shape index (κ2) is 9.68. The van der Waals surface area contributed by atoms with E-state index in [4.69, 9.17) is 25.5 Å². The maximum absolute atomic E-state index is 13.4. The number of para-hydroxylation sites is 1. The number of hydrogen-bond donors (Lipinski definition) is 0. The molecule has 0 aliphatic carbocycles. The van der Waals surface area contributed by atoms with Crippen LogP contribution in [0.4, 0.5) is 0 Å². The molecule has 35 heavy (non-hydrogen) atoms. The molecule has 0 spiro atoms. The van der Waals surface area contributed by atoms with Crippen molar-refractivity contribution in [2.24, 2.45) is 0 Å². The Bertz CT molecular complexity index is 1430. The molecule has 0 aliphatic rings. The van der Waals surface area contributed by atoms with Crippen LogP contribution in [0.25, 0.3) is 21.8 Å². The van der Waals surface area contributed by atoms with Crippen molar-refractivity contribution in [2.45, 2.75) is 45.5 Å². The smallest absolute Gasteiger partial charge is 0.208 e. The number of hydrogen-bond acceptors (Lipinski definition) is 4. The van der Waals surface area contributed by atoms with Crippen LogP contribution in [-0.4, -0.2) is 27.8 Å². The lowest BCUT2D eigenvalue weighted by Crippen LogP contribution is -2.24. The summed E-state index contributed by atoms with van der Waals surface area (Å²) in [6.07, 6.45) is -0.526. The third kappa shape index (κ3) is 4.70. The maximum Gasteiger partial charge on any atom is 0.208 e. The zero-order chi connectivity index (χ0) is 25.5. The SMILES string of the molecule is COc1cc(C(O[Si](C)C)n2c3ccccc3c(=O)c3ccc(Cl)cc32)cc(OC)c1C(C)(C)C. The van der Waals surface area contributed by atoms with Crippen molar-refractivity contribution in [3.05, 3.63) is 81.0 Å². The number of benzene rings is 3. The number of methoxy groups -OCH3 is 2. The van der Waals surface area contributed by atoms with Crippen molar-refractivity contribution >= 4 is 42.4 Å². The van der Waals surface area contributed by atoms with Crippen LogP contribution in [0.5, 0.6) is 11.5 Å². The lowest BCUT2D eigenvalue weighted by atomic mass is 9.84. The van der Waals surface area contributed by atoms with Gasteiger partial charge in [-0.2, -0.15) is 0 Å². The van der Waals surface area contributed by atoms with Gasteiger partial charge in [0.2, 0.25) is 9.04 Å². The third-order valence-electron chi connectivity index (χ3n) is 6.02. The predicted octanol–water partition coefficient (Wildman–Crippen LogP) is 6.94. The number of aromatic nitrogens is 1. The van der Waals surface area contributed by atoms with E-state index in [0.29, 0.717) is 21.3 Å². The largest absolute Gasteiger partial charge is 0.496 e. The number of pyridine rings is 1. The molecule has 7 heteroatoms. The first-order valence-electron chi connectivity index (χ1n) is 11.5. The number of nitrogens with zero attached hydrogens (tertiary/aromatic N) is 1. The van der Waals surface area contributed by atoms with Gasteiger partial charge in [-0.15, -0.1) is 0 Å². The molecule has 4 rings (SSSR count). The van der Waals surface area contributed by atoms with Gasteiger partial charge < -0.3 is 18.5 Å². The molecule has 1 heterocycles. The standard InChI is InChI=1S/C28H31ClNO4Si/c1-28(2,3)25-23(32-4)14-17(15-24(25)33-5)27(34-35(6)7)30-21-11-9-8-10-19(21)26(31)20-13-12-18(29)16-22(20)30/h8-16,27H,1-7H3. The summed E-state index contributed by atoms with van der Waals surface area (Å²) in [5.41, 5.74) is 3.12. The van der Waals surface area contributed by atoms with Crippen molar-refractivity contribution in [1.29, 1.82) is 0 Å². The van der Waals surface area contributed by atoms with Gasteiger partial charge in [0.1, 0.15) is 11.5 Å². The summed E-state index contributed by atoms with van der Waals surface area (Å²) in [5.74, 6) is 1.46. The average molecular weight is 509 g/mol. The fourth-order valence-electron chi connectivity index (χ4n) is 4.61. The highest BCUT2D eigenvalue weighted by Crippen LogP contribution is 2.42. The molecule has 1 atom stereocenters. The normalized spacial score (nSPS) is 12.9. The second-order valence-corrected chi connectivity index (χ2v) is 12.3. The molecule has 5 nitrogen and oxygen atoms in total. The van der Waals surface area contributed by atoms with Gasteiger partial charge in [0.15, 0.2) is 11.7 Å². The molecule has 4 aromatic rings. The Balaban J connectivity index is 2.13. The zero-order valence-electron chi connectivity index (χ0n) is 21.2. The van der Waals surface area contributed by atoms with Gasteiger partial charge in [0.05, 0.1) is 25.3 Å². The van der Waals surface area contributed by atoms with E-state index in [9.17, 15) is 4.79 Å². The average Bonchev–Trinajstić information content (AvgIpc) is 2.81. The Labute approximate surface area is 212 Å². The van der Waals surface area contributed by atoms with Crippen LogP contribution >= 0.6 is 11.6 Å². The van der Waals surface area contributed by atoms with Crippen molar-refractivity contribution in [1.82, 2.24) is 4.57 Å². The van der Waals surface area contributed by atoms with Crippen molar-refractivity contribution < 1.29 is 13.9 Å². The lowest BCUT2D eigenvalue weighted by Gasteiger charge is -2.30. The van der Waals surface area contributed by atoms with E-state index in [1.165, 1.54) is 0 Å². The molecule has 1 unspecified atom stereocenters. The van der Waals surface area contributed by atoms with E-state index in [1.807, 2.05) is 42.5 Å². The van der Waals surface area contributed by atoms with E-state index in [1.54, 1.807) is 26.4 Å². The van der Waals surface area contributed by atoms with E-state index < -0.39 is 15.3 Å². The molecule has 183 valence electrons. The minimum Gasteiger partial charge on any atom is -0.496 e. The van der Waals surface area contributed by atoms with Crippen LogP contribution in [0.15, 0.2) is 59.4 Å². The molecule has 0 N–H and O–H groups in total. The molecule has 0 amide bonds. The topological polar surface area (TPSA) is 49.7 Å². The van der Waals surface area contributed by atoms with Gasteiger partial charge in [0, 0.05) is 26.9 Å². The minimum atomic E-state index is -1.17. The van der Waals surface area contributed by atoms with E-state index in [-0.39, 0.29) is 10.8 Å². The molecule has 0 aliphatic heterocycles. The first kappa shape index (κ1) is 25.3. The highest BCUT2D eigenvalue weighted by molar-refractivity contribution is 6.48. The Morgan fingerprint density at radius 2 is 1.49 bits per heavy atom. The molecule has 0 fully saturated rings. The van der Waals surface area contributed by atoms with Crippen molar-refractivity contribution in [3.8, 4) is 11.5 Å². The summed E-state index contributed by atoms with van der Waals surface area (Å²) in [4.78, 5) is 13.4. The van der Waals surface area contributed by atoms with Crippen LogP contribution in [0.1, 0.15) is 38.1 Å². The van der Waals surface area contributed by atoms with Gasteiger partial charge in [0.25, 0.3) is 0 Å². The first-order chi connectivity index (χ1) is 16.6. The van der Waals surface area contributed by atoms with Gasteiger partial charge in [-0.05, 0) is 61.0 Å².